The van der Waals surface area contributed by atoms with E-state index < -0.39 is 0 Å². The smallest absolute Gasteiger partial charge is 0.180 e. The fraction of sp³-hybridized carbons (Fsp3) is 0.176. The van der Waals surface area contributed by atoms with E-state index in [0.717, 1.165) is 10.1 Å². The molecule has 3 aromatic rings. The fourth-order valence-corrected chi connectivity index (χ4v) is 3.36. The zero-order chi connectivity index (χ0) is 15.0. The molecular formula is C17H14O3S. The van der Waals surface area contributed by atoms with Crippen LogP contribution in [-0.2, 0) is 0 Å². The van der Waals surface area contributed by atoms with Crippen LogP contribution in [0.5, 0.6) is 0 Å². The van der Waals surface area contributed by atoms with Crippen LogP contribution in [0.3, 0.4) is 0 Å². The zero-order valence-corrected chi connectivity index (χ0v) is 12.6. The number of aryl methyl sites for hydroxylation is 2. The maximum atomic E-state index is 12.3. The van der Waals surface area contributed by atoms with Gasteiger partial charge in [0.25, 0.3) is 0 Å². The minimum absolute atomic E-state index is 0.118. The molecule has 0 bridgehead atoms. The molecule has 0 aliphatic carbocycles. The number of hydrogen-bond donors (Lipinski definition) is 0. The van der Waals surface area contributed by atoms with Gasteiger partial charge in [0.15, 0.2) is 11.6 Å². The molecule has 3 nitrogen and oxygen atoms in total. The number of carbonyl (C=O) groups excluding carboxylic acids is 2. The van der Waals surface area contributed by atoms with Crippen LogP contribution >= 0.6 is 11.3 Å². The van der Waals surface area contributed by atoms with Crippen molar-refractivity contribution >= 4 is 33.0 Å². The summed E-state index contributed by atoms with van der Waals surface area (Å²) in [6.07, 6.45) is -0.118. The van der Waals surface area contributed by atoms with Gasteiger partial charge in [0.2, 0.25) is 0 Å². The molecule has 0 saturated heterocycles. The van der Waals surface area contributed by atoms with E-state index in [1.807, 2.05) is 30.3 Å². The van der Waals surface area contributed by atoms with E-state index in [1.165, 1.54) is 11.3 Å². The van der Waals surface area contributed by atoms with Crippen molar-refractivity contribution in [1.82, 2.24) is 0 Å². The van der Waals surface area contributed by atoms with Gasteiger partial charge in [0.1, 0.15) is 11.5 Å². The van der Waals surface area contributed by atoms with E-state index in [2.05, 4.69) is 0 Å². The standard InChI is InChI=1S/C17H14O3S/c1-10-7-13(11(2)20-10)14(18)9-15(19)17-8-12-5-3-4-6-16(12)21-17/h3-8H,9H2,1-2H3. The van der Waals surface area contributed by atoms with Gasteiger partial charge in [-0.3, -0.25) is 9.59 Å². The highest BCUT2D eigenvalue weighted by Crippen LogP contribution is 2.27. The highest BCUT2D eigenvalue weighted by atomic mass is 32.1. The second-order valence-electron chi connectivity index (χ2n) is 5.00. The van der Waals surface area contributed by atoms with Crippen LogP contribution in [0.25, 0.3) is 10.1 Å². The van der Waals surface area contributed by atoms with E-state index >= 15 is 0 Å². The summed E-state index contributed by atoms with van der Waals surface area (Å²) in [5.41, 5.74) is 0.502. The van der Waals surface area contributed by atoms with Crippen LogP contribution in [0.1, 0.15) is 38.0 Å². The molecule has 0 aliphatic heterocycles. The van der Waals surface area contributed by atoms with Gasteiger partial charge in [-0.05, 0) is 37.4 Å². The van der Waals surface area contributed by atoms with Gasteiger partial charge in [0, 0.05) is 4.70 Å². The number of thiophene rings is 1. The van der Waals surface area contributed by atoms with Gasteiger partial charge < -0.3 is 4.42 Å². The van der Waals surface area contributed by atoms with Gasteiger partial charge in [-0.1, -0.05) is 18.2 Å². The van der Waals surface area contributed by atoms with Crippen molar-refractivity contribution in [3.8, 4) is 0 Å². The molecule has 0 saturated carbocycles. The first-order chi connectivity index (χ1) is 10.0. The molecule has 0 atom stereocenters. The molecule has 0 amide bonds. The summed E-state index contributed by atoms with van der Waals surface area (Å²) in [7, 11) is 0. The van der Waals surface area contributed by atoms with Crippen molar-refractivity contribution in [2.75, 3.05) is 0 Å². The van der Waals surface area contributed by atoms with Gasteiger partial charge in [0.05, 0.1) is 16.9 Å². The summed E-state index contributed by atoms with van der Waals surface area (Å²) in [4.78, 5) is 25.1. The lowest BCUT2D eigenvalue weighted by Gasteiger charge is -1.97. The lowest BCUT2D eigenvalue weighted by atomic mass is 10.1. The maximum absolute atomic E-state index is 12.3. The first-order valence-corrected chi connectivity index (χ1v) is 7.48. The molecular weight excluding hydrogens is 284 g/mol. The van der Waals surface area contributed by atoms with E-state index in [0.29, 0.717) is 22.0 Å². The van der Waals surface area contributed by atoms with E-state index in [4.69, 9.17) is 4.42 Å². The SMILES string of the molecule is Cc1cc(C(=O)CC(=O)c2cc3ccccc3s2)c(C)o1. The Labute approximate surface area is 126 Å². The molecule has 0 unspecified atom stereocenters. The first kappa shape index (κ1) is 13.8. The van der Waals surface area contributed by atoms with E-state index in [1.54, 1.807) is 19.9 Å². The largest absolute Gasteiger partial charge is 0.466 e. The Hall–Kier alpha value is -2.20. The molecule has 0 aliphatic rings. The van der Waals surface area contributed by atoms with Crippen LogP contribution in [-0.4, -0.2) is 11.6 Å². The number of furan rings is 1. The fourth-order valence-electron chi connectivity index (χ4n) is 2.36. The lowest BCUT2D eigenvalue weighted by Crippen LogP contribution is -2.07. The average molecular weight is 298 g/mol. The molecule has 2 aromatic heterocycles. The van der Waals surface area contributed by atoms with Gasteiger partial charge >= 0.3 is 0 Å². The van der Waals surface area contributed by atoms with Crippen LogP contribution < -0.4 is 0 Å². The van der Waals surface area contributed by atoms with Crippen molar-refractivity contribution in [1.29, 1.82) is 0 Å². The normalized spacial score (nSPS) is 11.0. The summed E-state index contributed by atoms with van der Waals surface area (Å²) in [5, 5.41) is 1.04. The maximum Gasteiger partial charge on any atom is 0.180 e. The second kappa shape index (κ2) is 5.30. The second-order valence-corrected chi connectivity index (χ2v) is 6.08. The van der Waals surface area contributed by atoms with Crippen LogP contribution in [0, 0.1) is 13.8 Å². The van der Waals surface area contributed by atoms with Crippen LogP contribution in [0.15, 0.2) is 40.8 Å². The topological polar surface area (TPSA) is 47.3 Å². The van der Waals surface area contributed by atoms with Crippen molar-refractivity contribution in [3.05, 3.63) is 58.4 Å². The average Bonchev–Trinajstić information content (AvgIpc) is 3.01. The summed E-state index contributed by atoms with van der Waals surface area (Å²) >= 11 is 1.43. The molecule has 0 N–H and O–H groups in total. The Kier molecular flexibility index (Phi) is 3.47. The predicted octanol–water partition coefficient (Wildman–Crippen LogP) is 4.57. The minimum atomic E-state index is -0.188. The molecule has 4 heteroatoms. The highest BCUT2D eigenvalue weighted by Gasteiger charge is 2.19. The summed E-state index contributed by atoms with van der Waals surface area (Å²) < 4.78 is 6.40. The Morgan fingerprint density at radius 1 is 1.10 bits per heavy atom. The number of fused-ring (bicyclic) bond motifs is 1. The van der Waals surface area contributed by atoms with Gasteiger partial charge in [-0.25, -0.2) is 0 Å². The molecule has 3 rings (SSSR count). The molecule has 0 fully saturated rings. The third-order valence-electron chi connectivity index (χ3n) is 3.36. The van der Waals surface area contributed by atoms with Crippen LogP contribution in [0.4, 0.5) is 0 Å². The van der Waals surface area contributed by atoms with Crippen molar-refractivity contribution in [3.63, 3.8) is 0 Å². The molecule has 2 heterocycles. The molecule has 1 aromatic carbocycles. The minimum Gasteiger partial charge on any atom is -0.466 e. The number of ketones is 2. The molecule has 106 valence electrons. The van der Waals surface area contributed by atoms with Crippen molar-refractivity contribution < 1.29 is 14.0 Å². The number of Topliss-reactive ketones (excluding diaryl/α,β-unsaturated/α-hetero) is 2. The Bertz CT molecular complexity index is 806. The molecule has 0 spiro atoms. The molecule has 21 heavy (non-hydrogen) atoms. The van der Waals surface area contributed by atoms with E-state index in [9.17, 15) is 9.59 Å². The Balaban J connectivity index is 1.82. The van der Waals surface area contributed by atoms with Gasteiger partial charge in [-0.15, -0.1) is 11.3 Å². The Morgan fingerprint density at radius 2 is 1.86 bits per heavy atom. The van der Waals surface area contributed by atoms with Crippen molar-refractivity contribution in [2.24, 2.45) is 0 Å². The summed E-state index contributed by atoms with van der Waals surface area (Å²) in [6, 6.07) is 11.4. The monoisotopic (exact) mass is 298 g/mol. The number of hydrogen-bond acceptors (Lipinski definition) is 4. The van der Waals surface area contributed by atoms with Gasteiger partial charge in [-0.2, -0.15) is 0 Å². The third-order valence-corrected chi connectivity index (χ3v) is 4.52. The number of benzene rings is 1. The van der Waals surface area contributed by atoms with E-state index in [-0.39, 0.29) is 18.0 Å². The highest BCUT2D eigenvalue weighted by molar-refractivity contribution is 7.20. The summed E-state index contributed by atoms with van der Waals surface area (Å²) in [5.74, 6) is 0.929. The lowest BCUT2D eigenvalue weighted by molar-refractivity contribution is 0.0896. The number of carbonyl (C=O) groups is 2. The first-order valence-electron chi connectivity index (χ1n) is 6.66. The molecule has 0 radical (unpaired) electrons. The summed E-state index contributed by atoms with van der Waals surface area (Å²) in [6.45, 7) is 3.53. The van der Waals surface area contributed by atoms with Crippen molar-refractivity contribution in [2.45, 2.75) is 20.3 Å². The number of rotatable bonds is 4. The zero-order valence-electron chi connectivity index (χ0n) is 11.8. The third kappa shape index (κ3) is 2.67. The quantitative estimate of drug-likeness (QED) is 0.523. The Morgan fingerprint density at radius 3 is 2.52 bits per heavy atom. The van der Waals surface area contributed by atoms with Crippen LogP contribution in [0.2, 0.25) is 0 Å². The predicted molar refractivity (Wildman–Crippen MR) is 83.3 cm³/mol.